The van der Waals surface area contributed by atoms with Gasteiger partial charge in [-0.25, -0.2) is 15.0 Å². The Hall–Kier alpha value is -7.11. The van der Waals surface area contributed by atoms with E-state index in [1.165, 1.54) is 11.1 Å². The van der Waals surface area contributed by atoms with Crippen LogP contribution in [0.15, 0.2) is 173 Å². The van der Waals surface area contributed by atoms with Crippen molar-refractivity contribution in [3.05, 3.63) is 169 Å². The molecule has 1 aliphatic rings. The number of benzene rings is 7. The molecule has 0 fully saturated rings. The molecule has 7 aromatic carbocycles. The number of allylic oxidation sites excluding steroid dienone is 4. The van der Waals surface area contributed by atoms with E-state index in [1.807, 2.05) is 30.3 Å². The molecule has 0 bridgehead atoms. The summed E-state index contributed by atoms with van der Waals surface area (Å²) in [6.45, 7) is 0. The van der Waals surface area contributed by atoms with Gasteiger partial charge in [-0.3, -0.25) is 0 Å². The Labute approximate surface area is 310 Å². The molecule has 3 heterocycles. The number of para-hydroxylation sites is 2. The number of furan rings is 2. The average molecular weight is 694 g/mol. The number of fused-ring (bicyclic) bond motifs is 7. The van der Waals surface area contributed by atoms with E-state index in [0.717, 1.165) is 95.3 Å². The van der Waals surface area contributed by atoms with E-state index in [4.69, 9.17) is 23.8 Å². The van der Waals surface area contributed by atoms with Gasteiger partial charge < -0.3 is 8.83 Å². The van der Waals surface area contributed by atoms with Gasteiger partial charge in [0.2, 0.25) is 0 Å². The summed E-state index contributed by atoms with van der Waals surface area (Å²) in [6.07, 6.45) is 8.88. The van der Waals surface area contributed by atoms with Crippen molar-refractivity contribution >= 4 is 60.2 Å². The van der Waals surface area contributed by atoms with E-state index in [2.05, 4.69) is 133 Å². The Morgan fingerprint density at radius 3 is 1.83 bits per heavy atom. The summed E-state index contributed by atoms with van der Waals surface area (Å²) in [6, 6.07) is 50.2. The SMILES string of the molecule is C1=CC(c2ccc(-c3nc(-c4ccc5ccccc5c4)nc(-c4c(-c5cccc6oc7ccccc7c56)ccc5oc6ccccc6c45)n3)cc2)=CCC1. The molecule has 0 aliphatic heterocycles. The van der Waals surface area contributed by atoms with Crippen LogP contribution in [0.5, 0.6) is 0 Å². The minimum Gasteiger partial charge on any atom is -0.456 e. The predicted octanol–water partition coefficient (Wildman–Crippen LogP) is 13.2. The fraction of sp³-hybridized carbons (Fsp3) is 0.0408. The van der Waals surface area contributed by atoms with Crippen molar-refractivity contribution in [1.29, 1.82) is 0 Å². The van der Waals surface area contributed by atoms with Gasteiger partial charge in [-0.05, 0) is 82.3 Å². The highest BCUT2D eigenvalue weighted by molar-refractivity contribution is 6.19. The van der Waals surface area contributed by atoms with Crippen molar-refractivity contribution in [2.24, 2.45) is 0 Å². The Balaban J connectivity index is 1.21. The summed E-state index contributed by atoms with van der Waals surface area (Å²) in [5, 5.41) is 6.35. The van der Waals surface area contributed by atoms with Crippen LogP contribution in [-0.4, -0.2) is 15.0 Å². The van der Waals surface area contributed by atoms with Gasteiger partial charge in [0.25, 0.3) is 0 Å². The summed E-state index contributed by atoms with van der Waals surface area (Å²) in [5.41, 5.74) is 10.4. The van der Waals surface area contributed by atoms with E-state index < -0.39 is 0 Å². The minimum absolute atomic E-state index is 0.571. The van der Waals surface area contributed by atoms with Crippen LogP contribution in [0.2, 0.25) is 0 Å². The smallest absolute Gasteiger partial charge is 0.165 e. The molecule has 0 saturated carbocycles. The summed E-state index contributed by atoms with van der Waals surface area (Å²) >= 11 is 0. The van der Waals surface area contributed by atoms with E-state index in [1.54, 1.807) is 0 Å². The maximum atomic E-state index is 6.50. The molecular weight excluding hydrogens is 663 g/mol. The third-order valence-electron chi connectivity index (χ3n) is 10.6. The highest BCUT2D eigenvalue weighted by Crippen LogP contribution is 2.45. The zero-order valence-corrected chi connectivity index (χ0v) is 29.2. The first-order chi connectivity index (χ1) is 26.7. The summed E-state index contributed by atoms with van der Waals surface area (Å²) in [7, 11) is 0. The van der Waals surface area contributed by atoms with Gasteiger partial charge in [-0.1, -0.05) is 127 Å². The van der Waals surface area contributed by atoms with Crippen molar-refractivity contribution in [3.8, 4) is 45.3 Å². The van der Waals surface area contributed by atoms with E-state index in [0.29, 0.717) is 17.5 Å². The monoisotopic (exact) mass is 693 g/mol. The molecule has 254 valence electrons. The lowest BCUT2D eigenvalue weighted by molar-refractivity contribution is 0.669. The Kier molecular flexibility index (Phi) is 6.92. The topological polar surface area (TPSA) is 65.0 Å². The van der Waals surface area contributed by atoms with Gasteiger partial charge in [0.1, 0.15) is 22.3 Å². The van der Waals surface area contributed by atoms with Crippen LogP contribution < -0.4 is 0 Å². The third-order valence-corrected chi connectivity index (χ3v) is 10.6. The molecule has 5 nitrogen and oxygen atoms in total. The van der Waals surface area contributed by atoms with Gasteiger partial charge >= 0.3 is 0 Å². The van der Waals surface area contributed by atoms with Crippen LogP contribution in [0.25, 0.3) is 106 Å². The molecule has 0 atom stereocenters. The van der Waals surface area contributed by atoms with E-state index >= 15 is 0 Å². The normalized spacial score (nSPS) is 13.1. The predicted molar refractivity (Wildman–Crippen MR) is 220 cm³/mol. The second kappa shape index (κ2) is 12.2. The fourth-order valence-corrected chi connectivity index (χ4v) is 7.99. The largest absolute Gasteiger partial charge is 0.456 e. The van der Waals surface area contributed by atoms with Crippen LogP contribution >= 0.6 is 0 Å². The van der Waals surface area contributed by atoms with Crippen LogP contribution in [0.4, 0.5) is 0 Å². The van der Waals surface area contributed by atoms with E-state index in [9.17, 15) is 0 Å². The second-order valence-corrected chi connectivity index (χ2v) is 13.8. The van der Waals surface area contributed by atoms with Crippen molar-refractivity contribution in [2.75, 3.05) is 0 Å². The second-order valence-electron chi connectivity index (χ2n) is 13.8. The molecule has 10 aromatic rings. The van der Waals surface area contributed by atoms with Crippen LogP contribution in [0.3, 0.4) is 0 Å². The lowest BCUT2D eigenvalue weighted by Gasteiger charge is -2.14. The Morgan fingerprint density at radius 1 is 0.426 bits per heavy atom. The molecule has 0 N–H and O–H groups in total. The van der Waals surface area contributed by atoms with Crippen LogP contribution in [-0.2, 0) is 0 Å². The Bertz CT molecular complexity index is 3160. The molecular formula is C49H31N3O2. The van der Waals surface area contributed by atoms with Gasteiger partial charge in [0.05, 0.1) is 0 Å². The maximum absolute atomic E-state index is 6.50. The maximum Gasteiger partial charge on any atom is 0.165 e. The minimum atomic E-state index is 0.571. The van der Waals surface area contributed by atoms with Gasteiger partial charge in [0.15, 0.2) is 17.5 Å². The summed E-state index contributed by atoms with van der Waals surface area (Å²) in [5.74, 6) is 1.78. The number of aromatic nitrogens is 3. The molecule has 0 amide bonds. The van der Waals surface area contributed by atoms with Gasteiger partial charge in [-0.2, -0.15) is 0 Å². The highest BCUT2D eigenvalue weighted by Gasteiger charge is 2.24. The lowest BCUT2D eigenvalue weighted by Crippen LogP contribution is -2.02. The number of hydrogen-bond acceptors (Lipinski definition) is 5. The molecule has 1 aliphatic carbocycles. The number of nitrogens with zero attached hydrogens (tertiary/aromatic N) is 3. The first-order valence-electron chi connectivity index (χ1n) is 18.3. The standard InChI is InChI=1S/C49H31N3O2/c1-2-11-30(12-3-1)32-21-24-33(25-22-32)47-50-48(35-26-23-31-13-4-5-14-34(31)29-35)52-49(51-47)46-37(27-28-43-45(46)39-16-7-9-19-41(39)54-43)36-17-10-20-42-44(36)38-15-6-8-18-40(38)53-42/h2,4-29H,1,3H2. The Morgan fingerprint density at radius 2 is 1.06 bits per heavy atom. The molecule has 0 unspecified atom stereocenters. The van der Waals surface area contributed by atoms with Crippen molar-refractivity contribution in [3.63, 3.8) is 0 Å². The van der Waals surface area contributed by atoms with Gasteiger partial charge in [0, 0.05) is 38.2 Å². The first-order valence-corrected chi connectivity index (χ1v) is 18.3. The zero-order chi connectivity index (χ0) is 35.6. The van der Waals surface area contributed by atoms with Crippen molar-refractivity contribution in [2.45, 2.75) is 12.8 Å². The molecule has 11 rings (SSSR count). The molecule has 5 heteroatoms. The number of rotatable bonds is 5. The lowest BCUT2D eigenvalue weighted by atomic mass is 9.92. The zero-order valence-electron chi connectivity index (χ0n) is 29.2. The fourth-order valence-electron chi connectivity index (χ4n) is 7.99. The molecule has 0 saturated heterocycles. The van der Waals surface area contributed by atoms with Crippen molar-refractivity contribution < 1.29 is 8.83 Å². The third kappa shape index (κ3) is 4.97. The first kappa shape index (κ1) is 30.5. The molecule has 0 spiro atoms. The van der Waals surface area contributed by atoms with E-state index in [-0.39, 0.29) is 0 Å². The molecule has 54 heavy (non-hydrogen) atoms. The van der Waals surface area contributed by atoms with Gasteiger partial charge in [-0.15, -0.1) is 0 Å². The van der Waals surface area contributed by atoms with Crippen molar-refractivity contribution in [1.82, 2.24) is 15.0 Å². The summed E-state index contributed by atoms with van der Waals surface area (Å²) in [4.78, 5) is 15.9. The molecule has 0 radical (unpaired) electrons. The van der Waals surface area contributed by atoms with Crippen LogP contribution in [0, 0.1) is 0 Å². The summed E-state index contributed by atoms with van der Waals surface area (Å²) < 4.78 is 12.9. The van der Waals surface area contributed by atoms with Crippen LogP contribution in [0.1, 0.15) is 18.4 Å². The highest BCUT2D eigenvalue weighted by atomic mass is 16.3. The quantitative estimate of drug-likeness (QED) is 0.179. The number of hydrogen-bond donors (Lipinski definition) is 0. The average Bonchev–Trinajstić information content (AvgIpc) is 3.82. The molecule has 3 aromatic heterocycles.